The Labute approximate surface area is 138 Å². The Morgan fingerprint density at radius 3 is 2.54 bits per heavy atom. The van der Waals surface area contributed by atoms with E-state index in [1.54, 1.807) is 24.3 Å². The second-order valence-electron chi connectivity index (χ2n) is 5.26. The Morgan fingerprint density at radius 2 is 1.88 bits per heavy atom. The molecule has 5 nitrogen and oxygen atoms in total. The molecule has 2 aromatic carbocycles. The highest BCUT2D eigenvalue weighted by Gasteiger charge is 2.24. The van der Waals surface area contributed by atoms with E-state index in [1.807, 2.05) is 0 Å². The number of fused-ring (bicyclic) bond motifs is 1. The summed E-state index contributed by atoms with van der Waals surface area (Å²) in [4.78, 5) is 11.9. The van der Waals surface area contributed by atoms with Gasteiger partial charge in [0.1, 0.15) is 5.82 Å². The normalized spacial score (nSPS) is 11.6. The molecular formula is C17H14FNO4S. The van der Waals surface area contributed by atoms with Crippen LogP contribution in [0.15, 0.2) is 53.6 Å². The Kier molecular flexibility index (Phi) is 3.88. The van der Waals surface area contributed by atoms with Gasteiger partial charge in [-0.2, -0.15) is 0 Å². The maximum absolute atomic E-state index is 13.4. The van der Waals surface area contributed by atoms with Crippen molar-refractivity contribution in [1.29, 1.82) is 0 Å². The van der Waals surface area contributed by atoms with Crippen molar-refractivity contribution >= 4 is 26.9 Å². The van der Waals surface area contributed by atoms with Crippen LogP contribution in [-0.4, -0.2) is 25.5 Å². The molecule has 3 aromatic rings. The van der Waals surface area contributed by atoms with Crippen LogP contribution >= 0.6 is 0 Å². The summed E-state index contributed by atoms with van der Waals surface area (Å²) >= 11 is 0. The number of hydrogen-bond donors (Lipinski definition) is 0. The molecule has 3 rings (SSSR count). The Balaban J connectivity index is 2.28. The van der Waals surface area contributed by atoms with Gasteiger partial charge in [0, 0.05) is 11.6 Å². The van der Waals surface area contributed by atoms with E-state index < -0.39 is 21.8 Å². The molecule has 0 saturated carbocycles. The van der Waals surface area contributed by atoms with Crippen molar-refractivity contribution < 1.29 is 22.3 Å². The van der Waals surface area contributed by atoms with Gasteiger partial charge in [0.25, 0.3) is 10.0 Å². The minimum atomic E-state index is -3.98. The summed E-state index contributed by atoms with van der Waals surface area (Å²) in [7, 11) is -2.76. The summed E-state index contributed by atoms with van der Waals surface area (Å²) in [6.45, 7) is 1.49. The molecule has 0 N–H and O–H groups in total. The number of nitrogens with zero attached hydrogens (tertiary/aromatic N) is 1. The van der Waals surface area contributed by atoms with E-state index in [1.165, 1.54) is 32.4 Å². The van der Waals surface area contributed by atoms with Crippen LogP contribution in [0.5, 0.6) is 0 Å². The van der Waals surface area contributed by atoms with Gasteiger partial charge in [0.2, 0.25) is 0 Å². The van der Waals surface area contributed by atoms with E-state index in [4.69, 9.17) is 4.74 Å². The number of esters is 1. The Hall–Kier alpha value is -2.67. The number of halogens is 1. The van der Waals surface area contributed by atoms with Crippen LogP contribution in [0.2, 0.25) is 0 Å². The summed E-state index contributed by atoms with van der Waals surface area (Å²) in [5.74, 6) is -1.11. The standard InChI is InChI=1S/C17H14FNO4S/c1-11-9-12(7-8-15(11)18)24(21,22)19-10-14(17(20)23-2)13-5-3-4-6-16(13)19/h3-10H,1-2H3. The topological polar surface area (TPSA) is 65.4 Å². The number of para-hydroxylation sites is 1. The molecule has 24 heavy (non-hydrogen) atoms. The van der Waals surface area contributed by atoms with Gasteiger partial charge in [-0.05, 0) is 36.8 Å². The lowest BCUT2D eigenvalue weighted by Crippen LogP contribution is -2.12. The monoisotopic (exact) mass is 347 g/mol. The van der Waals surface area contributed by atoms with Crippen LogP contribution in [0.1, 0.15) is 15.9 Å². The SMILES string of the molecule is COC(=O)c1cn(S(=O)(=O)c2ccc(F)c(C)c2)c2ccccc12. The van der Waals surface area contributed by atoms with Crippen LogP contribution in [0.25, 0.3) is 10.9 Å². The number of carbonyl (C=O) groups excluding carboxylic acids is 1. The molecule has 0 aliphatic carbocycles. The average molecular weight is 347 g/mol. The fourth-order valence-corrected chi connectivity index (χ4v) is 3.97. The number of ether oxygens (including phenoxy) is 1. The lowest BCUT2D eigenvalue weighted by molar-refractivity contribution is 0.0603. The third-order valence-electron chi connectivity index (χ3n) is 3.77. The zero-order valence-corrected chi connectivity index (χ0v) is 13.8. The van der Waals surface area contributed by atoms with Crippen molar-refractivity contribution in [3.05, 3.63) is 65.6 Å². The number of methoxy groups -OCH3 is 1. The van der Waals surface area contributed by atoms with E-state index in [0.29, 0.717) is 10.9 Å². The number of aromatic nitrogens is 1. The highest BCUT2D eigenvalue weighted by Crippen LogP contribution is 2.27. The molecule has 0 aliphatic rings. The molecule has 0 aliphatic heterocycles. The molecule has 0 fully saturated rings. The molecular weight excluding hydrogens is 333 g/mol. The maximum atomic E-state index is 13.4. The summed E-state index contributed by atoms with van der Waals surface area (Å²) in [5.41, 5.74) is 0.719. The minimum absolute atomic E-state index is 0.0569. The highest BCUT2D eigenvalue weighted by atomic mass is 32.2. The van der Waals surface area contributed by atoms with Gasteiger partial charge in [0.15, 0.2) is 0 Å². The molecule has 0 atom stereocenters. The fraction of sp³-hybridized carbons (Fsp3) is 0.118. The number of carbonyl (C=O) groups is 1. The van der Waals surface area contributed by atoms with Crippen LogP contribution in [0, 0.1) is 12.7 Å². The van der Waals surface area contributed by atoms with Crippen molar-refractivity contribution in [1.82, 2.24) is 3.97 Å². The molecule has 1 aromatic heterocycles. The quantitative estimate of drug-likeness (QED) is 0.683. The summed E-state index contributed by atoms with van der Waals surface area (Å²) < 4.78 is 45.0. The van der Waals surface area contributed by atoms with Gasteiger partial charge in [-0.1, -0.05) is 18.2 Å². The van der Waals surface area contributed by atoms with Gasteiger partial charge in [-0.25, -0.2) is 21.6 Å². The van der Waals surface area contributed by atoms with Gasteiger partial charge in [-0.3, -0.25) is 0 Å². The fourth-order valence-electron chi connectivity index (χ4n) is 2.51. The lowest BCUT2D eigenvalue weighted by atomic mass is 10.2. The minimum Gasteiger partial charge on any atom is -0.465 e. The van der Waals surface area contributed by atoms with E-state index in [0.717, 1.165) is 10.0 Å². The van der Waals surface area contributed by atoms with Gasteiger partial charge >= 0.3 is 5.97 Å². The first-order valence-corrected chi connectivity index (χ1v) is 8.50. The second-order valence-corrected chi connectivity index (χ2v) is 7.08. The Bertz CT molecular complexity index is 1050. The van der Waals surface area contributed by atoms with Crippen LogP contribution in [0.4, 0.5) is 4.39 Å². The smallest absolute Gasteiger partial charge is 0.340 e. The first kappa shape index (κ1) is 16.2. The van der Waals surface area contributed by atoms with E-state index >= 15 is 0 Å². The van der Waals surface area contributed by atoms with Crippen LogP contribution in [-0.2, 0) is 14.8 Å². The Morgan fingerprint density at radius 1 is 1.17 bits per heavy atom. The van der Waals surface area contributed by atoms with E-state index in [2.05, 4.69) is 0 Å². The number of aryl methyl sites for hydroxylation is 1. The van der Waals surface area contributed by atoms with Crippen molar-refractivity contribution in [3.63, 3.8) is 0 Å². The summed E-state index contributed by atoms with van der Waals surface area (Å²) in [5, 5.41) is 0.465. The number of rotatable bonds is 3. The van der Waals surface area contributed by atoms with Crippen LogP contribution in [0.3, 0.4) is 0 Å². The molecule has 1 heterocycles. The van der Waals surface area contributed by atoms with E-state index in [9.17, 15) is 17.6 Å². The third kappa shape index (κ3) is 2.46. The average Bonchev–Trinajstić information content (AvgIpc) is 2.97. The van der Waals surface area contributed by atoms with Crippen molar-refractivity contribution in [3.8, 4) is 0 Å². The summed E-state index contributed by atoms with van der Waals surface area (Å²) in [6, 6.07) is 10.2. The molecule has 0 saturated heterocycles. The molecule has 0 bridgehead atoms. The maximum Gasteiger partial charge on any atom is 0.340 e. The number of hydrogen-bond acceptors (Lipinski definition) is 4. The van der Waals surface area contributed by atoms with E-state index in [-0.39, 0.29) is 16.0 Å². The van der Waals surface area contributed by atoms with Crippen molar-refractivity contribution in [2.45, 2.75) is 11.8 Å². The third-order valence-corrected chi connectivity index (χ3v) is 5.44. The molecule has 0 spiro atoms. The molecule has 0 amide bonds. The lowest BCUT2D eigenvalue weighted by Gasteiger charge is -2.08. The predicted molar refractivity (Wildman–Crippen MR) is 87.0 cm³/mol. The van der Waals surface area contributed by atoms with Gasteiger partial charge < -0.3 is 4.74 Å². The van der Waals surface area contributed by atoms with Crippen molar-refractivity contribution in [2.75, 3.05) is 7.11 Å². The predicted octanol–water partition coefficient (Wildman–Crippen LogP) is 3.11. The zero-order valence-electron chi connectivity index (χ0n) is 13.0. The highest BCUT2D eigenvalue weighted by molar-refractivity contribution is 7.90. The first-order chi connectivity index (χ1) is 11.4. The number of benzene rings is 2. The van der Waals surface area contributed by atoms with Crippen LogP contribution < -0.4 is 0 Å². The summed E-state index contributed by atoms with van der Waals surface area (Å²) in [6.07, 6.45) is 1.23. The molecule has 7 heteroatoms. The van der Waals surface area contributed by atoms with Gasteiger partial charge in [-0.15, -0.1) is 0 Å². The molecule has 0 unspecified atom stereocenters. The zero-order chi connectivity index (χ0) is 17.5. The molecule has 124 valence electrons. The molecule has 0 radical (unpaired) electrons. The van der Waals surface area contributed by atoms with Crippen molar-refractivity contribution in [2.24, 2.45) is 0 Å². The van der Waals surface area contributed by atoms with Gasteiger partial charge in [0.05, 0.1) is 23.1 Å². The largest absolute Gasteiger partial charge is 0.465 e. The second kappa shape index (κ2) is 5.76. The first-order valence-electron chi connectivity index (χ1n) is 7.06.